The fourth-order valence-corrected chi connectivity index (χ4v) is 14.0. The van der Waals surface area contributed by atoms with E-state index in [-0.39, 0.29) is 25.7 Å². The molecule has 0 rings (SSSR count). The smallest absolute Gasteiger partial charge is 0.462 e. The summed E-state index contributed by atoms with van der Waals surface area (Å²) in [4.78, 5) is 73.0. The molecule has 0 saturated heterocycles. The van der Waals surface area contributed by atoms with Crippen LogP contribution in [0.3, 0.4) is 0 Å². The molecule has 594 valence electrons. The van der Waals surface area contributed by atoms with Crippen LogP contribution in [0.1, 0.15) is 421 Å². The Labute approximate surface area is 613 Å². The SMILES string of the molecule is CCCCCCCCCCCCCC(=O)OC[C@H](COP(=O)(O)OC[C@H](O)COP(=O)(O)OC[C@@H](COC(=O)CCCCCCCCCCCCCCCCC(C)C)OC(=O)CCCCCCCCCCCCCCCCC(C)CC)OC(=O)CCCCCCCCCCCCC(C)CC. The second-order valence-electron chi connectivity index (χ2n) is 30.1. The first-order valence-corrected chi connectivity index (χ1v) is 44.9. The van der Waals surface area contributed by atoms with Crippen LogP contribution in [-0.4, -0.2) is 96.7 Å². The standard InChI is InChI=1S/C81H158O17P2/c1-8-11-12-13-14-15-24-34-41-48-55-62-78(83)91-68-77(98-81(86)65-58-51-44-37-30-29-33-40-47-54-61-74(7)10-3)71-96-100(89,90)94-67-75(82)66-93-99(87,88)95-70-76(69-92-79(84)63-56-49-42-35-27-22-18-16-20-25-31-38-45-52-59-72(4)5)97-80(85)64-57-50-43-36-28-23-19-17-21-26-32-39-46-53-60-73(6)9-2/h72-77,82H,8-71H2,1-7H3,(H,87,88)(H,89,90)/t73?,74?,75-,76-,77-/m1/s1. The van der Waals surface area contributed by atoms with Crippen molar-refractivity contribution in [3.8, 4) is 0 Å². The molecule has 0 spiro atoms. The minimum absolute atomic E-state index is 0.106. The zero-order valence-corrected chi connectivity index (χ0v) is 67.5. The number of hydrogen-bond donors (Lipinski definition) is 3. The summed E-state index contributed by atoms with van der Waals surface area (Å²) in [5, 5.41) is 10.6. The normalized spacial score (nSPS) is 14.5. The molecule has 0 saturated carbocycles. The van der Waals surface area contributed by atoms with Crippen LogP contribution in [0.4, 0.5) is 0 Å². The summed E-state index contributed by atoms with van der Waals surface area (Å²) < 4.78 is 68.7. The maximum Gasteiger partial charge on any atom is 0.472 e. The molecule has 0 amide bonds. The third-order valence-corrected chi connectivity index (χ3v) is 21.5. The van der Waals surface area contributed by atoms with Gasteiger partial charge in [0.25, 0.3) is 0 Å². The Kier molecular flexibility index (Phi) is 69.9. The number of aliphatic hydroxyl groups excluding tert-OH is 1. The van der Waals surface area contributed by atoms with Gasteiger partial charge in [0.1, 0.15) is 19.3 Å². The highest BCUT2D eigenvalue weighted by Crippen LogP contribution is 2.45. The molecular weight excluding hydrogens is 1310 g/mol. The van der Waals surface area contributed by atoms with Crippen molar-refractivity contribution >= 4 is 39.5 Å². The minimum atomic E-state index is -4.96. The largest absolute Gasteiger partial charge is 0.472 e. The molecule has 0 aliphatic carbocycles. The fourth-order valence-electron chi connectivity index (χ4n) is 12.4. The molecule has 100 heavy (non-hydrogen) atoms. The third-order valence-electron chi connectivity index (χ3n) is 19.6. The molecule has 0 radical (unpaired) electrons. The first-order valence-electron chi connectivity index (χ1n) is 41.9. The first-order chi connectivity index (χ1) is 48.3. The van der Waals surface area contributed by atoms with Crippen LogP contribution in [0.2, 0.25) is 0 Å². The monoisotopic (exact) mass is 1470 g/mol. The highest BCUT2D eigenvalue weighted by molar-refractivity contribution is 7.47. The molecule has 0 bridgehead atoms. The summed E-state index contributed by atoms with van der Waals surface area (Å²) in [6.45, 7) is 12.0. The van der Waals surface area contributed by atoms with Gasteiger partial charge in [-0.2, -0.15) is 0 Å². The summed E-state index contributed by atoms with van der Waals surface area (Å²) in [7, 11) is -9.92. The van der Waals surface area contributed by atoms with Gasteiger partial charge in [-0.05, 0) is 43.4 Å². The molecule has 7 atom stereocenters. The van der Waals surface area contributed by atoms with Gasteiger partial charge in [-0.3, -0.25) is 37.3 Å². The van der Waals surface area contributed by atoms with Crippen LogP contribution < -0.4 is 0 Å². The molecule has 3 N–H and O–H groups in total. The lowest BCUT2D eigenvalue weighted by molar-refractivity contribution is -0.161. The lowest BCUT2D eigenvalue weighted by Crippen LogP contribution is -2.30. The number of carbonyl (C=O) groups excluding carboxylic acids is 4. The number of unbranched alkanes of at least 4 members (excludes halogenated alkanes) is 45. The van der Waals surface area contributed by atoms with E-state index in [1.54, 1.807) is 0 Å². The van der Waals surface area contributed by atoms with Gasteiger partial charge in [0, 0.05) is 25.7 Å². The van der Waals surface area contributed by atoms with Crippen LogP contribution in [0.25, 0.3) is 0 Å². The average Bonchev–Trinajstić information content (AvgIpc) is 0.998. The molecule has 0 aliphatic rings. The van der Waals surface area contributed by atoms with E-state index in [2.05, 4.69) is 48.5 Å². The highest BCUT2D eigenvalue weighted by atomic mass is 31.2. The number of hydrogen-bond acceptors (Lipinski definition) is 15. The molecule has 4 unspecified atom stereocenters. The van der Waals surface area contributed by atoms with Crippen molar-refractivity contribution in [2.45, 2.75) is 439 Å². The second-order valence-corrected chi connectivity index (χ2v) is 33.0. The van der Waals surface area contributed by atoms with E-state index in [1.165, 1.54) is 231 Å². The van der Waals surface area contributed by atoms with Crippen LogP contribution in [0.15, 0.2) is 0 Å². The predicted octanol–water partition coefficient (Wildman–Crippen LogP) is 24.1. The molecule has 0 aliphatic heterocycles. The number of carbonyl (C=O) groups is 4. The molecule has 19 heteroatoms. The van der Waals surface area contributed by atoms with Crippen molar-refractivity contribution < 1.29 is 80.2 Å². The third kappa shape index (κ3) is 71.7. The quantitative estimate of drug-likeness (QED) is 0.0222. The lowest BCUT2D eigenvalue weighted by atomic mass is 9.99. The van der Waals surface area contributed by atoms with E-state index < -0.39 is 97.5 Å². The van der Waals surface area contributed by atoms with Crippen molar-refractivity contribution in [3.63, 3.8) is 0 Å². The number of rotatable bonds is 79. The molecule has 0 fully saturated rings. The molecule has 17 nitrogen and oxygen atoms in total. The van der Waals surface area contributed by atoms with Gasteiger partial charge in [0.15, 0.2) is 12.2 Å². The number of ether oxygens (including phenoxy) is 4. The zero-order chi connectivity index (χ0) is 73.7. The van der Waals surface area contributed by atoms with Gasteiger partial charge in [0.05, 0.1) is 26.4 Å². The first kappa shape index (κ1) is 98.1. The maximum absolute atomic E-state index is 13.1. The fraction of sp³-hybridized carbons (Fsp3) is 0.951. The van der Waals surface area contributed by atoms with E-state index in [4.69, 9.17) is 37.0 Å². The average molecular weight is 1470 g/mol. The Morgan fingerprint density at radius 2 is 0.510 bits per heavy atom. The Morgan fingerprint density at radius 1 is 0.290 bits per heavy atom. The van der Waals surface area contributed by atoms with Crippen molar-refractivity contribution in [1.29, 1.82) is 0 Å². The van der Waals surface area contributed by atoms with Gasteiger partial charge in [-0.15, -0.1) is 0 Å². The van der Waals surface area contributed by atoms with Crippen molar-refractivity contribution in [2.75, 3.05) is 39.6 Å². The van der Waals surface area contributed by atoms with Crippen molar-refractivity contribution in [3.05, 3.63) is 0 Å². The van der Waals surface area contributed by atoms with Gasteiger partial charge in [-0.25, -0.2) is 9.13 Å². The topological polar surface area (TPSA) is 237 Å². The zero-order valence-electron chi connectivity index (χ0n) is 65.7. The molecule has 0 aromatic carbocycles. The lowest BCUT2D eigenvalue weighted by Gasteiger charge is -2.21. The summed E-state index contributed by atoms with van der Waals surface area (Å²) >= 11 is 0. The Balaban J connectivity index is 5.26. The van der Waals surface area contributed by atoms with Crippen molar-refractivity contribution in [2.24, 2.45) is 17.8 Å². The van der Waals surface area contributed by atoms with Crippen molar-refractivity contribution in [1.82, 2.24) is 0 Å². The van der Waals surface area contributed by atoms with Gasteiger partial charge >= 0.3 is 39.5 Å². The summed E-state index contributed by atoms with van der Waals surface area (Å²) in [6.07, 6.45) is 59.4. The van der Waals surface area contributed by atoms with E-state index in [0.717, 1.165) is 108 Å². The van der Waals surface area contributed by atoms with Crippen LogP contribution in [0, 0.1) is 17.8 Å². The van der Waals surface area contributed by atoms with E-state index in [9.17, 15) is 43.2 Å². The summed E-state index contributed by atoms with van der Waals surface area (Å²) in [6, 6.07) is 0. The van der Waals surface area contributed by atoms with E-state index in [1.807, 2.05) is 0 Å². The van der Waals surface area contributed by atoms with Crippen LogP contribution in [0.5, 0.6) is 0 Å². The minimum Gasteiger partial charge on any atom is -0.462 e. The molecular formula is C81H158O17P2. The highest BCUT2D eigenvalue weighted by Gasteiger charge is 2.30. The summed E-state index contributed by atoms with van der Waals surface area (Å²) in [5.74, 6) is 0.339. The predicted molar refractivity (Wildman–Crippen MR) is 409 cm³/mol. The number of phosphoric ester groups is 2. The Bertz CT molecular complexity index is 1940. The number of esters is 4. The van der Waals surface area contributed by atoms with Crippen LogP contribution >= 0.6 is 15.6 Å². The Hall–Kier alpha value is -1.94. The maximum atomic E-state index is 13.1. The number of aliphatic hydroxyl groups is 1. The number of phosphoric acid groups is 2. The van der Waals surface area contributed by atoms with E-state index in [0.29, 0.717) is 25.7 Å². The van der Waals surface area contributed by atoms with Crippen LogP contribution in [-0.2, 0) is 65.4 Å². The summed E-state index contributed by atoms with van der Waals surface area (Å²) in [5.41, 5.74) is 0. The van der Waals surface area contributed by atoms with E-state index >= 15 is 0 Å². The van der Waals surface area contributed by atoms with Gasteiger partial charge in [-0.1, -0.05) is 370 Å². The Morgan fingerprint density at radius 3 is 0.760 bits per heavy atom. The molecule has 0 heterocycles. The molecule has 0 aromatic heterocycles. The molecule has 0 aromatic rings. The van der Waals surface area contributed by atoms with Gasteiger partial charge in [0.2, 0.25) is 0 Å². The second kappa shape index (κ2) is 71.3. The van der Waals surface area contributed by atoms with Gasteiger partial charge < -0.3 is 33.8 Å².